The maximum absolute atomic E-state index is 13.6. The molecular formula is C30H32F6N2O3. The smallest absolute Gasteiger partial charge is 0.416 e. The molecule has 2 aromatic carbocycles. The summed E-state index contributed by atoms with van der Waals surface area (Å²) in [6.45, 7) is 0.589. The zero-order valence-corrected chi connectivity index (χ0v) is 22.4. The molecule has 0 bridgehead atoms. The van der Waals surface area contributed by atoms with E-state index in [9.17, 15) is 35.9 Å². The molecule has 2 atom stereocenters. The third-order valence-electron chi connectivity index (χ3n) is 8.65. The second-order valence-corrected chi connectivity index (χ2v) is 11.4. The van der Waals surface area contributed by atoms with Crippen LogP contribution in [0.1, 0.15) is 78.4 Å². The second-order valence-electron chi connectivity index (χ2n) is 11.4. The molecule has 2 aromatic rings. The fourth-order valence-corrected chi connectivity index (χ4v) is 6.49. The highest BCUT2D eigenvalue weighted by atomic mass is 19.4. The first-order valence-electron chi connectivity index (χ1n) is 14.0. The van der Waals surface area contributed by atoms with Gasteiger partial charge in [0, 0.05) is 37.2 Å². The van der Waals surface area contributed by atoms with E-state index < -0.39 is 52.7 Å². The van der Waals surface area contributed by atoms with Crippen molar-refractivity contribution in [1.29, 1.82) is 0 Å². The molecule has 1 aliphatic carbocycles. The van der Waals surface area contributed by atoms with Crippen molar-refractivity contribution in [3.8, 4) is 0 Å². The van der Waals surface area contributed by atoms with Gasteiger partial charge < -0.3 is 14.5 Å². The predicted octanol–water partition coefficient (Wildman–Crippen LogP) is 7.49. The molecule has 3 aliphatic rings. The van der Waals surface area contributed by atoms with Gasteiger partial charge >= 0.3 is 18.4 Å². The topological polar surface area (TPSA) is 49.9 Å². The molecule has 2 aliphatic heterocycles. The zero-order chi connectivity index (χ0) is 29.4. The number of piperidine rings is 1. The van der Waals surface area contributed by atoms with E-state index in [2.05, 4.69) is 0 Å². The van der Waals surface area contributed by atoms with Crippen LogP contribution in [0.4, 0.5) is 31.1 Å². The van der Waals surface area contributed by atoms with Crippen LogP contribution in [0, 0.1) is 0 Å². The molecule has 0 radical (unpaired) electrons. The standard InChI is InChI=1S/C30H32F6N2O3/c31-29(32,33)22-16-21(17-23(18-22)30(34,35)36)26(39)37-13-9-24(19-25(37)15-20-7-3-1-4-8-20)38-14-12-28(41-27(38)40)10-5-2-6-11-28/h1,3-4,7-8,16-18,24-25H,2,5-6,9-15,19H2. The van der Waals surface area contributed by atoms with Gasteiger partial charge in [-0.1, -0.05) is 36.8 Å². The van der Waals surface area contributed by atoms with Gasteiger partial charge in [-0.05, 0) is 68.7 Å². The number of halogens is 6. The normalized spacial score (nSPS) is 23.4. The summed E-state index contributed by atoms with van der Waals surface area (Å²) in [7, 11) is 0. The number of carbonyl (C=O) groups is 2. The SMILES string of the molecule is O=C1OC2(CCCCC2)CCN1C1CCN(C(=O)c2cc(C(F)(F)F)cc(C(F)(F)F)c2)C(Cc2ccccc2)C1. The minimum absolute atomic E-state index is 0.0194. The van der Waals surface area contributed by atoms with E-state index in [1.54, 1.807) is 4.90 Å². The molecule has 2 unspecified atom stereocenters. The summed E-state index contributed by atoms with van der Waals surface area (Å²) in [5.41, 5.74) is -3.29. The van der Waals surface area contributed by atoms with Gasteiger partial charge in [-0.15, -0.1) is 0 Å². The lowest BCUT2D eigenvalue weighted by atomic mass is 9.81. The van der Waals surface area contributed by atoms with Crippen LogP contribution in [-0.4, -0.2) is 52.6 Å². The molecule has 1 saturated carbocycles. The quantitative estimate of drug-likeness (QED) is 0.351. The zero-order valence-electron chi connectivity index (χ0n) is 22.4. The highest BCUT2D eigenvalue weighted by Crippen LogP contribution is 2.40. The number of carbonyl (C=O) groups excluding carboxylic acids is 2. The van der Waals surface area contributed by atoms with Crippen LogP contribution in [0.25, 0.3) is 0 Å². The molecule has 11 heteroatoms. The van der Waals surface area contributed by atoms with Crippen LogP contribution < -0.4 is 0 Å². The number of nitrogens with zero attached hydrogens (tertiary/aromatic N) is 2. The van der Waals surface area contributed by atoms with E-state index in [-0.39, 0.29) is 18.7 Å². The van der Waals surface area contributed by atoms with Crippen molar-refractivity contribution < 1.29 is 40.7 Å². The molecule has 41 heavy (non-hydrogen) atoms. The number of likely N-dealkylation sites (tertiary alicyclic amines) is 1. The van der Waals surface area contributed by atoms with Crippen molar-refractivity contribution in [2.75, 3.05) is 13.1 Å². The first-order valence-corrected chi connectivity index (χ1v) is 14.0. The number of amides is 2. The molecule has 0 aromatic heterocycles. The monoisotopic (exact) mass is 582 g/mol. The minimum Gasteiger partial charge on any atom is -0.443 e. The Hall–Kier alpha value is -3.24. The Morgan fingerprint density at radius 2 is 1.51 bits per heavy atom. The van der Waals surface area contributed by atoms with E-state index in [0.29, 0.717) is 44.4 Å². The molecule has 222 valence electrons. The van der Waals surface area contributed by atoms with Crippen molar-refractivity contribution in [2.45, 2.75) is 87.8 Å². The van der Waals surface area contributed by atoms with E-state index in [1.165, 1.54) is 4.90 Å². The highest BCUT2D eigenvalue weighted by molar-refractivity contribution is 5.95. The van der Waals surface area contributed by atoms with Crippen LogP contribution in [0.2, 0.25) is 0 Å². The van der Waals surface area contributed by atoms with Crippen molar-refractivity contribution in [1.82, 2.24) is 9.80 Å². The highest BCUT2D eigenvalue weighted by Gasteiger charge is 2.45. The summed E-state index contributed by atoms with van der Waals surface area (Å²) >= 11 is 0. The van der Waals surface area contributed by atoms with Gasteiger partial charge in [0.1, 0.15) is 5.60 Å². The number of hydrogen-bond donors (Lipinski definition) is 0. The molecule has 1 spiro atoms. The van der Waals surface area contributed by atoms with Crippen LogP contribution in [0.3, 0.4) is 0 Å². The number of benzene rings is 2. The van der Waals surface area contributed by atoms with Gasteiger partial charge in [0.05, 0.1) is 11.1 Å². The van der Waals surface area contributed by atoms with Crippen molar-refractivity contribution in [3.05, 3.63) is 70.8 Å². The summed E-state index contributed by atoms with van der Waals surface area (Å²) < 4.78 is 86.9. The van der Waals surface area contributed by atoms with Gasteiger partial charge in [0.25, 0.3) is 5.91 Å². The van der Waals surface area contributed by atoms with Crippen LogP contribution in [-0.2, 0) is 23.5 Å². The average Bonchev–Trinajstić information content (AvgIpc) is 2.92. The van der Waals surface area contributed by atoms with Crippen LogP contribution in [0.15, 0.2) is 48.5 Å². The summed E-state index contributed by atoms with van der Waals surface area (Å²) in [6.07, 6.45) is -3.97. The van der Waals surface area contributed by atoms with Crippen molar-refractivity contribution in [3.63, 3.8) is 0 Å². The third kappa shape index (κ3) is 6.48. The molecule has 0 N–H and O–H groups in total. The summed E-state index contributed by atoms with van der Waals surface area (Å²) in [4.78, 5) is 29.8. The average molecular weight is 583 g/mol. The molecule has 2 heterocycles. The summed E-state index contributed by atoms with van der Waals surface area (Å²) in [5, 5.41) is 0. The van der Waals surface area contributed by atoms with Crippen molar-refractivity contribution in [2.24, 2.45) is 0 Å². The molecule has 5 nitrogen and oxygen atoms in total. The lowest BCUT2D eigenvalue weighted by molar-refractivity contribution is -0.143. The summed E-state index contributed by atoms with van der Waals surface area (Å²) in [5.74, 6) is -0.900. The molecule has 5 rings (SSSR count). The number of alkyl halides is 6. The van der Waals surface area contributed by atoms with Gasteiger partial charge in [-0.2, -0.15) is 26.3 Å². The first kappa shape index (κ1) is 29.3. The van der Waals surface area contributed by atoms with Gasteiger partial charge in [0.2, 0.25) is 0 Å². The predicted molar refractivity (Wildman–Crippen MR) is 138 cm³/mol. The molecular weight excluding hydrogens is 550 g/mol. The van der Waals surface area contributed by atoms with Gasteiger partial charge in [-0.25, -0.2) is 4.79 Å². The number of ether oxygens (including phenoxy) is 1. The Morgan fingerprint density at radius 3 is 2.10 bits per heavy atom. The van der Waals surface area contributed by atoms with Gasteiger partial charge in [-0.3, -0.25) is 4.79 Å². The Morgan fingerprint density at radius 1 is 0.878 bits per heavy atom. The van der Waals surface area contributed by atoms with Gasteiger partial charge in [0.15, 0.2) is 0 Å². The van der Waals surface area contributed by atoms with E-state index in [1.807, 2.05) is 30.3 Å². The van der Waals surface area contributed by atoms with Crippen molar-refractivity contribution >= 4 is 12.0 Å². The summed E-state index contributed by atoms with van der Waals surface area (Å²) in [6, 6.07) is 9.31. The minimum atomic E-state index is -5.06. The number of hydrogen-bond acceptors (Lipinski definition) is 3. The Balaban J connectivity index is 1.40. The largest absolute Gasteiger partial charge is 0.443 e. The second kappa shape index (κ2) is 11.2. The Bertz CT molecular complexity index is 1220. The van der Waals surface area contributed by atoms with Crippen LogP contribution in [0.5, 0.6) is 0 Å². The lowest BCUT2D eigenvalue weighted by Crippen LogP contribution is -2.58. The lowest BCUT2D eigenvalue weighted by Gasteiger charge is -2.48. The third-order valence-corrected chi connectivity index (χ3v) is 8.65. The molecule has 3 fully saturated rings. The van der Waals surface area contributed by atoms with E-state index in [4.69, 9.17) is 4.74 Å². The maximum atomic E-state index is 13.6. The maximum Gasteiger partial charge on any atom is 0.416 e. The molecule has 2 amide bonds. The van der Waals surface area contributed by atoms with Crippen LogP contribution >= 0.6 is 0 Å². The number of rotatable bonds is 4. The Labute approximate surface area is 234 Å². The fourth-order valence-electron chi connectivity index (χ4n) is 6.49. The van der Waals surface area contributed by atoms with E-state index in [0.717, 1.165) is 37.7 Å². The van der Waals surface area contributed by atoms with E-state index >= 15 is 0 Å². The fraction of sp³-hybridized carbons (Fsp3) is 0.533. The Kier molecular flexibility index (Phi) is 8.00. The molecule has 2 saturated heterocycles. The first-order chi connectivity index (χ1) is 19.3.